The summed E-state index contributed by atoms with van der Waals surface area (Å²) >= 11 is 0. The second-order valence-electron chi connectivity index (χ2n) is 8.81. The lowest BCUT2D eigenvalue weighted by Crippen LogP contribution is -2.49. The molecule has 2 aromatic rings. The number of rotatable bonds is 8. The monoisotopic (exact) mass is 491 g/mol. The van der Waals surface area contributed by atoms with E-state index >= 15 is 0 Å². The van der Waals surface area contributed by atoms with Gasteiger partial charge in [-0.25, -0.2) is 4.79 Å². The van der Waals surface area contributed by atoms with E-state index in [2.05, 4.69) is 15.5 Å². The smallest absolute Gasteiger partial charge is 0.390 e. The Morgan fingerprint density at radius 3 is 2.40 bits per heavy atom. The molecule has 1 aromatic carbocycles. The highest BCUT2D eigenvalue weighted by atomic mass is 19.4. The SMILES string of the molecule is O=C(NCCCCC1CC1)Oc1ccc(N2CCN(C(=O)c3ccccc3C(F)(F)F)CC2)nn1. The molecule has 1 saturated carbocycles. The average molecular weight is 492 g/mol. The molecule has 1 N–H and O–H groups in total. The van der Waals surface area contributed by atoms with Crippen molar-refractivity contribution in [2.45, 2.75) is 38.3 Å². The van der Waals surface area contributed by atoms with E-state index < -0.39 is 23.7 Å². The largest absolute Gasteiger partial charge is 0.417 e. The zero-order chi connectivity index (χ0) is 24.8. The molecule has 1 saturated heterocycles. The van der Waals surface area contributed by atoms with Gasteiger partial charge in [0.15, 0.2) is 5.82 Å². The molecule has 35 heavy (non-hydrogen) atoms. The van der Waals surface area contributed by atoms with Crippen molar-refractivity contribution in [1.29, 1.82) is 0 Å². The summed E-state index contributed by atoms with van der Waals surface area (Å²) in [6, 6.07) is 7.99. The number of nitrogens with zero attached hydrogens (tertiary/aromatic N) is 4. The summed E-state index contributed by atoms with van der Waals surface area (Å²) in [4.78, 5) is 27.9. The van der Waals surface area contributed by atoms with Crippen LogP contribution < -0.4 is 15.0 Å². The number of aromatic nitrogens is 2. The molecule has 0 atom stereocenters. The highest BCUT2D eigenvalue weighted by Gasteiger charge is 2.36. The van der Waals surface area contributed by atoms with Gasteiger partial charge in [0.05, 0.1) is 11.1 Å². The Bertz CT molecular complexity index is 1020. The first-order chi connectivity index (χ1) is 16.8. The van der Waals surface area contributed by atoms with Crippen molar-refractivity contribution in [2.75, 3.05) is 37.6 Å². The van der Waals surface area contributed by atoms with Gasteiger partial charge in [-0.2, -0.15) is 13.2 Å². The van der Waals surface area contributed by atoms with Crippen molar-refractivity contribution in [1.82, 2.24) is 20.4 Å². The van der Waals surface area contributed by atoms with Gasteiger partial charge in [-0.15, -0.1) is 10.2 Å². The van der Waals surface area contributed by atoms with Crippen molar-refractivity contribution in [3.05, 3.63) is 47.5 Å². The summed E-state index contributed by atoms with van der Waals surface area (Å²) < 4.78 is 44.9. The molecule has 1 aliphatic carbocycles. The molecule has 8 nitrogen and oxygen atoms in total. The first-order valence-electron chi connectivity index (χ1n) is 11.8. The van der Waals surface area contributed by atoms with Gasteiger partial charge in [-0.3, -0.25) is 4.79 Å². The van der Waals surface area contributed by atoms with Crippen molar-refractivity contribution < 1.29 is 27.5 Å². The molecule has 0 unspecified atom stereocenters. The van der Waals surface area contributed by atoms with Crippen LogP contribution >= 0.6 is 0 Å². The number of unbranched alkanes of at least 4 members (excludes halogenated alkanes) is 1. The molecule has 0 radical (unpaired) electrons. The number of ether oxygens (including phenoxy) is 1. The van der Waals surface area contributed by atoms with Crippen LogP contribution in [0.15, 0.2) is 36.4 Å². The van der Waals surface area contributed by atoms with Crippen LogP contribution in [0.4, 0.5) is 23.8 Å². The van der Waals surface area contributed by atoms with E-state index in [1.54, 1.807) is 6.07 Å². The molecular weight excluding hydrogens is 463 g/mol. The van der Waals surface area contributed by atoms with Crippen LogP contribution in [0.1, 0.15) is 48.0 Å². The van der Waals surface area contributed by atoms with Gasteiger partial charge < -0.3 is 19.9 Å². The van der Waals surface area contributed by atoms with Gasteiger partial charge >= 0.3 is 12.3 Å². The van der Waals surface area contributed by atoms with Gasteiger partial charge in [0.25, 0.3) is 5.91 Å². The van der Waals surface area contributed by atoms with E-state index in [1.807, 2.05) is 4.90 Å². The number of alkyl halides is 3. The lowest BCUT2D eigenvalue weighted by molar-refractivity contribution is -0.138. The third-order valence-electron chi connectivity index (χ3n) is 6.18. The Morgan fingerprint density at radius 1 is 1.00 bits per heavy atom. The van der Waals surface area contributed by atoms with E-state index in [9.17, 15) is 22.8 Å². The maximum atomic E-state index is 13.3. The predicted molar refractivity (Wildman–Crippen MR) is 122 cm³/mol. The molecule has 2 amide bonds. The minimum Gasteiger partial charge on any atom is -0.390 e. The summed E-state index contributed by atoms with van der Waals surface area (Å²) in [6.45, 7) is 1.81. The second kappa shape index (κ2) is 10.9. The number of halogens is 3. The number of carbonyl (C=O) groups excluding carboxylic acids is 2. The molecule has 0 bridgehead atoms. The molecule has 11 heteroatoms. The van der Waals surface area contributed by atoms with E-state index in [1.165, 1.54) is 48.4 Å². The zero-order valence-corrected chi connectivity index (χ0v) is 19.3. The third-order valence-corrected chi connectivity index (χ3v) is 6.18. The summed E-state index contributed by atoms with van der Waals surface area (Å²) in [6.07, 6.45) is 0.695. The Kier molecular flexibility index (Phi) is 7.72. The summed E-state index contributed by atoms with van der Waals surface area (Å²) in [7, 11) is 0. The van der Waals surface area contributed by atoms with Crippen LogP contribution in [-0.2, 0) is 6.18 Å². The van der Waals surface area contributed by atoms with Crippen molar-refractivity contribution >= 4 is 17.8 Å². The molecule has 1 aliphatic heterocycles. The molecule has 1 aromatic heterocycles. The Balaban J connectivity index is 1.23. The second-order valence-corrected chi connectivity index (χ2v) is 8.81. The van der Waals surface area contributed by atoms with Gasteiger partial charge in [0.1, 0.15) is 0 Å². The number of hydrogen-bond donors (Lipinski definition) is 1. The predicted octanol–water partition coefficient (Wildman–Crippen LogP) is 4.13. The lowest BCUT2D eigenvalue weighted by Gasteiger charge is -2.35. The molecule has 0 spiro atoms. The summed E-state index contributed by atoms with van der Waals surface area (Å²) in [5.74, 6) is 0.832. The number of hydrogen-bond acceptors (Lipinski definition) is 6. The molecule has 188 valence electrons. The van der Waals surface area contributed by atoms with Gasteiger partial charge in [-0.1, -0.05) is 37.8 Å². The van der Waals surface area contributed by atoms with Crippen molar-refractivity contribution in [3.63, 3.8) is 0 Å². The molecule has 2 heterocycles. The number of amides is 2. The van der Waals surface area contributed by atoms with Crippen LogP contribution in [-0.4, -0.2) is 59.8 Å². The number of anilines is 1. The quantitative estimate of drug-likeness (QED) is 0.559. The molecule has 4 rings (SSSR count). The van der Waals surface area contributed by atoms with Crippen molar-refractivity contribution in [3.8, 4) is 5.88 Å². The fourth-order valence-electron chi connectivity index (χ4n) is 4.05. The van der Waals surface area contributed by atoms with Crippen LogP contribution in [0, 0.1) is 5.92 Å². The Labute approximate surface area is 201 Å². The fourth-order valence-corrected chi connectivity index (χ4v) is 4.05. The Hall–Kier alpha value is -3.37. The third kappa shape index (κ3) is 6.83. The Morgan fingerprint density at radius 2 is 1.74 bits per heavy atom. The first kappa shape index (κ1) is 24.7. The van der Waals surface area contributed by atoms with Crippen molar-refractivity contribution in [2.24, 2.45) is 5.92 Å². The number of piperazine rings is 1. The van der Waals surface area contributed by atoms with E-state index in [0.717, 1.165) is 24.8 Å². The standard InChI is InChI=1S/C24H28F3N5O3/c25-24(26,27)19-7-2-1-6-18(19)22(33)32-15-13-31(14-16-32)20-10-11-21(30-29-20)35-23(34)28-12-4-3-5-17-8-9-17/h1-2,6-7,10-11,17H,3-5,8-9,12-16H2,(H,28,34). The van der Waals surface area contributed by atoms with E-state index in [4.69, 9.17) is 4.74 Å². The minimum absolute atomic E-state index is 0.0711. The van der Waals surface area contributed by atoms with Crippen LogP contribution in [0.5, 0.6) is 5.88 Å². The topological polar surface area (TPSA) is 87.7 Å². The maximum absolute atomic E-state index is 13.3. The number of nitrogens with one attached hydrogen (secondary N) is 1. The highest BCUT2D eigenvalue weighted by Crippen LogP contribution is 2.34. The summed E-state index contributed by atoms with van der Waals surface area (Å²) in [5, 5.41) is 10.7. The number of benzene rings is 1. The highest BCUT2D eigenvalue weighted by molar-refractivity contribution is 5.96. The maximum Gasteiger partial charge on any atom is 0.417 e. The van der Waals surface area contributed by atoms with Gasteiger partial charge in [0, 0.05) is 38.8 Å². The first-order valence-corrected chi connectivity index (χ1v) is 11.8. The molecular formula is C24H28F3N5O3. The molecule has 2 aliphatic rings. The van der Waals surface area contributed by atoms with Gasteiger partial charge in [0.2, 0.25) is 5.88 Å². The van der Waals surface area contributed by atoms with Crippen LogP contribution in [0.2, 0.25) is 0 Å². The van der Waals surface area contributed by atoms with Crippen LogP contribution in [0.25, 0.3) is 0 Å². The summed E-state index contributed by atoms with van der Waals surface area (Å²) in [5.41, 5.74) is -1.29. The minimum atomic E-state index is -4.60. The van der Waals surface area contributed by atoms with Crippen LogP contribution in [0.3, 0.4) is 0 Å². The zero-order valence-electron chi connectivity index (χ0n) is 19.3. The average Bonchev–Trinajstić information content (AvgIpc) is 3.68. The number of carbonyl (C=O) groups is 2. The molecule has 2 fully saturated rings. The van der Waals surface area contributed by atoms with E-state index in [-0.39, 0.29) is 24.5 Å². The van der Waals surface area contributed by atoms with E-state index in [0.29, 0.717) is 25.5 Å². The van der Waals surface area contributed by atoms with Gasteiger partial charge in [-0.05, 0) is 30.5 Å². The normalized spacial score (nSPS) is 16.2. The fraction of sp³-hybridized carbons (Fsp3) is 0.500. The lowest BCUT2D eigenvalue weighted by atomic mass is 10.1.